The van der Waals surface area contributed by atoms with E-state index in [1.54, 1.807) is 45.0 Å². The van der Waals surface area contributed by atoms with Crippen LogP contribution < -0.4 is 9.62 Å². The molecule has 7 nitrogen and oxygen atoms in total. The van der Waals surface area contributed by atoms with Crippen molar-refractivity contribution in [3.8, 4) is 0 Å². The first-order valence-corrected chi connectivity index (χ1v) is 13.7. The molecular formula is C21H27ClN2O5S2. The lowest BCUT2D eigenvalue weighted by Crippen LogP contribution is -2.50. The summed E-state index contributed by atoms with van der Waals surface area (Å²) in [7, 11) is -7.11. The van der Waals surface area contributed by atoms with Gasteiger partial charge in [-0.3, -0.25) is 9.10 Å². The van der Waals surface area contributed by atoms with Gasteiger partial charge in [-0.25, -0.2) is 16.8 Å². The Kier molecular flexibility index (Phi) is 7.78. The third-order valence-electron chi connectivity index (χ3n) is 4.91. The van der Waals surface area contributed by atoms with E-state index in [1.807, 2.05) is 0 Å². The van der Waals surface area contributed by atoms with Gasteiger partial charge < -0.3 is 5.32 Å². The molecule has 1 amide bonds. The summed E-state index contributed by atoms with van der Waals surface area (Å²) >= 11 is 6.08. The van der Waals surface area contributed by atoms with Gasteiger partial charge in [0.1, 0.15) is 6.04 Å². The molecule has 0 radical (unpaired) electrons. The molecule has 0 unspecified atom stereocenters. The number of anilines is 1. The van der Waals surface area contributed by atoms with Gasteiger partial charge in [-0.15, -0.1) is 0 Å². The molecule has 0 bridgehead atoms. The molecule has 2 rings (SSSR count). The predicted molar refractivity (Wildman–Crippen MR) is 124 cm³/mol. The molecule has 2 atom stereocenters. The highest BCUT2D eigenvalue weighted by atomic mass is 35.5. The van der Waals surface area contributed by atoms with Crippen molar-refractivity contribution in [1.82, 2.24) is 5.32 Å². The first kappa shape index (κ1) is 25.2. The van der Waals surface area contributed by atoms with Crippen LogP contribution in [0.15, 0.2) is 47.4 Å². The summed E-state index contributed by atoms with van der Waals surface area (Å²) in [6, 6.07) is 9.64. The van der Waals surface area contributed by atoms with E-state index in [4.69, 9.17) is 11.6 Å². The summed E-state index contributed by atoms with van der Waals surface area (Å²) in [4.78, 5) is 13.3. The van der Waals surface area contributed by atoms with Crippen molar-refractivity contribution in [3.63, 3.8) is 0 Å². The zero-order valence-electron chi connectivity index (χ0n) is 18.1. The first-order chi connectivity index (χ1) is 14.3. The molecule has 1 N–H and O–H groups in total. The number of aryl methyl sites for hydroxylation is 1. The van der Waals surface area contributed by atoms with E-state index >= 15 is 0 Å². The zero-order valence-corrected chi connectivity index (χ0v) is 20.5. The first-order valence-electron chi connectivity index (χ1n) is 9.61. The minimum atomic E-state index is -3.79. The molecule has 10 heteroatoms. The molecule has 0 saturated heterocycles. The summed E-state index contributed by atoms with van der Waals surface area (Å²) in [5, 5.41) is 3.20. The minimum absolute atomic E-state index is 0.181. The van der Waals surface area contributed by atoms with Gasteiger partial charge in [-0.1, -0.05) is 36.7 Å². The van der Waals surface area contributed by atoms with Crippen LogP contribution in [-0.2, 0) is 24.7 Å². The predicted octanol–water partition coefficient (Wildman–Crippen LogP) is 3.47. The van der Waals surface area contributed by atoms with Crippen molar-refractivity contribution in [1.29, 1.82) is 0 Å². The van der Waals surface area contributed by atoms with Gasteiger partial charge in [0.15, 0.2) is 9.84 Å². The van der Waals surface area contributed by atoms with Crippen LogP contribution in [0, 0.1) is 6.92 Å². The van der Waals surface area contributed by atoms with Crippen molar-refractivity contribution >= 4 is 43.1 Å². The van der Waals surface area contributed by atoms with Gasteiger partial charge in [0, 0.05) is 11.3 Å². The van der Waals surface area contributed by atoms with Crippen molar-refractivity contribution in [2.45, 2.75) is 44.2 Å². The highest BCUT2D eigenvalue weighted by Gasteiger charge is 2.33. The quantitative estimate of drug-likeness (QED) is 0.615. The van der Waals surface area contributed by atoms with Crippen LogP contribution in [0.3, 0.4) is 0 Å². The minimum Gasteiger partial charge on any atom is -0.348 e. The maximum Gasteiger partial charge on any atom is 0.244 e. The number of sulfone groups is 1. The Balaban J connectivity index is 2.34. The van der Waals surface area contributed by atoms with Crippen LogP contribution in [0.5, 0.6) is 0 Å². The number of amides is 1. The normalized spacial score (nSPS) is 14.0. The third-order valence-corrected chi connectivity index (χ3v) is 7.43. The number of nitrogens with zero attached hydrogens (tertiary/aromatic N) is 1. The molecule has 0 saturated carbocycles. The molecule has 0 aromatic heterocycles. The Bertz CT molecular complexity index is 1160. The topological polar surface area (TPSA) is 101 Å². The van der Waals surface area contributed by atoms with Gasteiger partial charge in [0.25, 0.3) is 0 Å². The van der Waals surface area contributed by atoms with E-state index in [9.17, 15) is 21.6 Å². The molecule has 0 aliphatic heterocycles. The van der Waals surface area contributed by atoms with Crippen molar-refractivity contribution in [2.75, 3.05) is 16.8 Å². The van der Waals surface area contributed by atoms with E-state index in [1.165, 1.54) is 18.2 Å². The number of carbonyl (C=O) groups excluding carboxylic acids is 1. The van der Waals surface area contributed by atoms with Crippen molar-refractivity contribution in [2.24, 2.45) is 0 Å². The Morgan fingerprint density at radius 2 is 1.65 bits per heavy atom. The number of carbonyl (C=O) groups is 1. The van der Waals surface area contributed by atoms with Crippen LogP contribution >= 0.6 is 11.6 Å². The Hall–Kier alpha value is -2.10. The second-order valence-electron chi connectivity index (χ2n) is 7.49. The molecule has 0 aliphatic carbocycles. The number of nitrogens with one attached hydrogen (secondary N) is 1. The molecule has 170 valence electrons. The van der Waals surface area contributed by atoms with Gasteiger partial charge in [-0.05, 0) is 55.7 Å². The summed E-state index contributed by atoms with van der Waals surface area (Å²) in [5.41, 5.74) is 1.72. The molecule has 0 fully saturated rings. The van der Waals surface area contributed by atoms with Gasteiger partial charge >= 0.3 is 0 Å². The van der Waals surface area contributed by atoms with Crippen LogP contribution in [0.2, 0.25) is 5.02 Å². The molecule has 0 heterocycles. The van der Waals surface area contributed by atoms with E-state index < -0.39 is 37.9 Å². The number of hydrogen-bond donors (Lipinski definition) is 1. The highest BCUT2D eigenvalue weighted by Crippen LogP contribution is 2.29. The molecule has 2 aromatic carbocycles. The lowest BCUT2D eigenvalue weighted by atomic mass is 10.1. The molecular weight excluding hydrogens is 460 g/mol. The smallest absolute Gasteiger partial charge is 0.244 e. The van der Waals surface area contributed by atoms with Crippen molar-refractivity contribution < 1.29 is 21.6 Å². The fourth-order valence-corrected chi connectivity index (χ4v) is 5.31. The number of hydrogen-bond acceptors (Lipinski definition) is 5. The Morgan fingerprint density at radius 3 is 2.13 bits per heavy atom. The number of rotatable bonds is 8. The van der Waals surface area contributed by atoms with E-state index in [2.05, 4.69) is 5.32 Å². The van der Waals surface area contributed by atoms with Crippen molar-refractivity contribution in [3.05, 3.63) is 58.6 Å². The van der Waals surface area contributed by atoms with Crippen LogP contribution in [0.25, 0.3) is 0 Å². The highest BCUT2D eigenvalue weighted by molar-refractivity contribution is 7.92. The fraction of sp³-hybridized carbons (Fsp3) is 0.381. The Morgan fingerprint density at radius 1 is 1.06 bits per heavy atom. The SMILES string of the molecule is CC[C@H](C(=O)N[C@H](C)c1ccc(S(C)(=O)=O)cc1)N(c1cc(Cl)ccc1C)S(C)(=O)=O. The van der Waals surface area contributed by atoms with E-state index in [-0.39, 0.29) is 11.3 Å². The maximum atomic E-state index is 13.1. The molecule has 2 aromatic rings. The molecule has 0 spiro atoms. The summed E-state index contributed by atoms with van der Waals surface area (Å²) in [5.74, 6) is -0.466. The monoisotopic (exact) mass is 486 g/mol. The van der Waals surface area contributed by atoms with Gasteiger partial charge in [0.2, 0.25) is 15.9 Å². The lowest BCUT2D eigenvalue weighted by Gasteiger charge is -2.32. The Labute approximate surface area is 189 Å². The van der Waals surface area contributed by atoms with Gasteiger partial charge in [0.05, 0.1) is 22.9 Å². The zero-order chi connectivity index (χ0) is 23.6. The average Bonchev–Trinajstić information content (AvgIpc) is 2.66. The fourth-order valence-electron chi connectivity index (χ4n) is 3.25. The van der Waals surface area contributed by atoms with Crippen LogP contribution in [0.1, 0.15) is 37.4 Å². The summed E-state index contributed by atoms with van der Waals surface area (Å²) < 4.78 is 49.6. The van der Waals surface area contributed by atoms with E-state index in [0.717, 1.165) is 16.8 Å². The number of benzene rings is 2. The summed E-state index contributed by atoms with van der Waals surface area (Å²) in [6.45, 7) is 5.23. The summed E-state index contributed by atoms with van der Waals surface area (Å²) in [6.07, 6.45) is 2.41. The maximum absolute atomic E-state index is 13.1. The van der Waals surface area contributed by atoms with Crippen LogP contribution in [-0.4, -0.2) is 41.3 Å². The number of sulfonamides is 1. The lowest BCUT2D eigenvalue weighted by molar-refractivity contribution is -0.122. The second-order valence-corrected chi connectivity index (χ2v) is 11.8. The number of halogens is 1. The molecule has 0 aliphatic rings. The average molecular weight is 487 g/mol. The molecule has 31 heavy (non-hydrogen) atoms. The largest absolute Gasteiger partial charge is 0.348 e. The standard InChI is InChI=1S/C21H27ClN2O5S2/c1-6-19(24(31(5,28)29)20-13-17(22)10-7-14(20)2)21(25)23-15(3)16-8-11-18(12-9-16)30(4,26)27/h7-13,15,19H,6H2,1-5H3,(H,23,25)/t15-,19-/m1/s1. The van der Waals surface area contributed by atoms with Crippen LogP contribution in [0.4, 0.5) is 5.69 Å². The van der Waals surface area contributed by atoms with E-state index in [0.29, 0.717) is 21.8 Å². The second kappa shape index (κ2) is 9.58. The van der Waals surface area contributed by atoms with Gasteiger partial charge in [-0.2, -0.15) is 0 Å². The third kappa shape index (κ3) is 6.21.